The first-order valence-electron chi connectivity index (χ1n) is 8.73. The van der Waals surface area contributed by atoms with E-state index in [0.717, 1.165) is 0 Å². The van der Waals surface area contributed by atoms with E-state index in [1.807, 2.05) is 4.90 Å². The van der Waals surface area contributed by atoms with Crippen molar-refractivity contribution in [3.8, 4) is 0 Å². The molecular formula is C18H17FN6O3. The van der Waals surface area contributed by atoms with Crippen molar-refractivity contribution in [2.75, 3.05) is 31.1 Å². The highest BCUT2D eigenvalue weighted by Gasteiger charge is 2.27. The number of aromatic nitrogens is 3. The molecule has 144 valence electrons. The monoisotopic (exact) mass is 384 g/mol. The number of aryl methyl sites for hydroxylation is 1. The number of nitro groups is 1. The van der Waals surface area contributed by atoms with Crippen LogP contribution in [0.3, 0.4) is 0 Å². The first-order chi connectivity index (χ1) is 13.4. The number of amides is 1. The van der Waals surface area contributed by atoms with Crippen LogP contribution in [0.5, 0.6) is 0 Å². The summed E-state index contributed by atoms with van der Waals surface area (Å²) in [6.07, 6.45) is 2.49. The Morgan fingerprint density at radius 1 is 1.18 bits per heavy atom. The van der Waals surface area contributed by atoms with E-state index in [9.17, 15) is 19.3 Å². The van der Waals surface area contributed by atoms with E-state index < -0.39 is 10.7 Å². The molecule has 9 nitrogen and oxygen atoms in total. The lowest BCUT2D eigenvalue weighted by Crippen LogP contribution is -2.49. The van der Waals surface area contributed by atoms with Crippen molar-refractivity contribution < 1.29 is 14.1 Å². The van der Waals surface area contributed by atoms with Crippen molar-refractivity contribution in [2.24, 2.45) is 0 Å². The summed E-state index contributed by atoms with van der Waals surface area (Å²) in [5, 5.41) is 10.7. The lowest BCUT2D eigenvalue weighted by atomic mass is 10.2. The number of hydrogen-bond donors (Lipinski definition) is 0. The summed E-state index contributed by atoms with van der Waals surface area (Å²) in [5.41, 5.74) is 1.37. The predicted molar refractivity (Wildman–Crippen MR) is 98.9 cm³/mol. The number of fused-ring (bicyclic) bond motifs is 1. The van der Waals surface area contributed by atoms with Gasteiger partial charge >= 0.3 is 0 Å². The molecule has 10 heteroatoms. The fourth-order valence-corrected chi connectivity index (χ4v) is 3.36. The molecule has 0 atom stereocenters. The van der Waals surface area contributed by atoms with Gasteiger partial charge in [0.15, 0.2) is 0 Å². The van der Waals surface area contributed by atoms with Crippen LogP contribution in [0.15, 0.2) is 36.7 Å². The number of nitrogens with zero attached hydrogens (tertiary/aromatic N) is 6. The molecule has 4 rings (SSSR count). The van der Waals surface area contributed by atoms with E-state index in [0.29, 0.717) is 49.0 Å². The second kappa shape index (κ2) is 6.87. The Bertz CT molecular complexity index is 1060. The summed E-state index contributed by atoms with van der Waals surface area (Å²) < 4.78 is 15.1. The Labute approximate surface area is 159 Å². The van der Waals surface area contributed by atoms with Crippen molar-refractivity contribution in [1.82, 2.24) is 19.3 Å². The number of halogens is 1. The summed E-state index contributed by atoms with van der Waals surface area (Å²) in [5.74, 6) is -0.00863. The van der Waals surface area contributed by atoms with E-state index in [2.05, 4.69) is 9.97 Å². The topological polar surface area (TPSA) is 96.9 Å². The minimum absolute atomic E-state index is 0.0621. The summed E-state index contributed by atoms with van der Waals surface area (Å²) >= 11 is 0. The van der Waals surface area contributed by atoms with Crippen LogP contribution in [0.2, 0.25) is 0 Å². The van der Waals surface area contributed by atoms with Crippen LogP contribution in [0.25, 0.3) is 5.65 Å². The molecule has 0 spiro atoms. The fraction of sp³-hybridized carbons (Fsp3) is 0.278. The van der Waals surface area contributed by atoms with Gasteiger partial charge < -0.3 is 9.80 Å². The van der Waals surface area contributed by atoms with Crippen LogP contribution < -0.4 is 4.90 Å². The average Bonchev–Trinajstić information content (AvgIpc) is 3.02. The van der Waals surface area contributed by atoms with Crippen LogP contribution in [-0.4, -0.2) is 56.3 Å². The Kier molecular flexibility index (Phi) is 4.38. The van der Waals surface area contributed by atoms with Gasteiger partial charge in [-0.3, -0.25) is 19.3 Å². The smallest absolute Gasteiger partial charge is 0.287 e. The average molecular weight is 384 g/mol. The van der Waals surface area contributed by atoms with E-state index >= 15 is 0 Å². The number of piperazine rings is 1. The molecule has 0 unspecified atom stereocenters. The van der Waals surface area contributed by atoms with Gasteiger partial charge in [-0.2, -0.15) is 0 Å². The second-order valence-electron chi connectivity index (χ2n) is 6.53. The maximum Gasteiger partial charge on any atom is 0.287 e. The Hall–Kier alpha value is -3.56. The third-order valence-corrected chi connectivity index (χ3v) is 4.79. The molecule has 1 saturated heterocycles. The van der Waals surface area contributed by atoms with Crippen molar-refractivity contribution in [1.29, 1.82) is 0 Å². The highest BCUT2D eigenvalue weighted by molar-refractivity contribution is 5.94. The van der Waals surface area contributed by atoms with Crippen molar-refractivity contribution >= 4 is 23.1 Å². The molecule has 0 aromatic carbocycles. The molecule has 1 aliphatic rings. The zero-order valence-electron chi connectivity index (χ0n) is 15.1. The maximum absolute atomic E-state index is 13.6. The lowest BCUT2D eigenvalue weighted by Gasteiger charge is -2.35. The first-order valence-corrected chi connectivity index (χ1v) is 8.73. The van der Waals surface area contributed by atoms with E-state index in [4.69, 9.17) is 0 Å². The van der Waals surface area contributed by atoms with Gasteiger partial charge in [-0.05, 0) is 25.1 Å². The molecule has 0 saturated carbocycles. The highest BCUT2D eigenvalue weighted by atomic mass is 19.1. The molecule has 0 N–H and O–H groups in total. The molecule has 3 aromatic rings. The molecule has 1 fully saturated rings. The summed E-state index contributed by atoms with van der Waals surface area (Å²) in [6, 6.07) is 5.87. The van der Waals surface area contributed by atoms with Gasteiger partial charge in [0.05, 0.1) is 10.6 Å². The predicted octanol–water partition coefficient (Wildman–Crippen LogP) is 2.05. The van der Waals surface area contributed by atoms with Gasteiger partial charge in [-0.1, -0.05) is 0 Å². The lowest BCUT2D eigenvalue weighted by molar-refractivity contribution is -0.385. The maximum atomic E-state index is 13.6. The second-order valence-corrected chi connectivity index (χ2v) is 6.53. The van der Waals surface area contributed by atoms with Crippen LogP contribution in [-0.2, 0) is 0 Å². The van der Waals surface area contributed by atoms with Gasteiger partial charge in [-0.15, -0.1) is 0 Å². The highest BCUT2D eigenvalue weighted by Crippen LogP contribution is 2.20. The van der Waals surface area contributed by atoms with Crippen molar-refractivity contribution in [3.05, 3.63) is 64.0 Å². The minimum atomic E-state index is -0.492. The van der Waals surface area contributed by atoms with Gasteiger partial charge in [0.1, 0.15) is 29.2 Å². The van der Waals surface area contributed by atoms with E-state index in [1.165, 1.54) is 35.0 Å². The number of carbonyl (C=O) groups is 1. The number of hydrogen-bond acceptors (Lipinski definition) is 6. The SMILES string of the molecule is Cc1nc2ccc(F)cn2c1C(=O)N1CCN(c2ccc([N+](=O)[O-])cn2)CC1. The number of carbonyl (C=O) groups excluding carboxylic acids is 1. The van der Waals surface area contributed by atoms with Gasteiger partial charge in [0.2, 0.25) is 0 Å². The number of pyridine rings is 2. The van der Waals surface area contributed by atoms with Gasteiger partial charge in [0.25, 0.3) is 11.6 Å². The minimum Gasteiger partial charge on any atom is -0.353 e. The Balaban J connectivity index is 1.49. The Morgan fingerprint density at radius 2 is 1.93 bits per heavy atom. The van der Waals surface area contributed by atoms with Crippen LogP contribution >= 0.6 is 0 Å². The normalized spacial score (nSPS) is 14.5. The fourth-order valence-electron chi connectivity index (χ4n) is 3.36. The number of rotatable bonds is 3. The van der Waals surface area contributed by atoms with Crippen LogP contribution in [0.1, 0.15) is 16.2 Å². The Morgan fingerprint density at radius 3 is 2.57 bits per heavy atom. The standard InChI is InChI=1S/C18H17FN6O3/c1-12-17(24-11-13(19)2-4-16(24)21-12)18(26)23-8-6-22(7-9-23)15-5-3-14(10-20-15)25(27)28/h2-5,10-11H,6-9H2,1H3. The van der Waals surface area contributed by atoms with Gasteiger partial charge in [-0.25, -0.2) is 14.4 Å². The summed E-state index contributed by atoms with van der Waals surface area (Å²) in [7, 11) is 0. The molecular weight excluding hydrogens is 367 g/mol. The quantitative estimate of drug-likeness (QED) is 0.506. The third kappa shape index (κ3) is 3.13. The van der Waals surface area contributed by atoms with Crippen LogP contribution in [0, 0.1) is 22.9 Å². The molecule has 4 heterocycles. The third-order valence-electron chi connectivity index (χ3n) is 4.79. The molecule has 1 amide bonds. The van der Waals surface area contributed by atoms with E-state index in [-0.39, 0.29) is 11.6 Å². The molecule has 0 radical (unpaired) electrons. The number of imidazole rings is 1. The molecule has 28 heavy (non-hydrogen) atoms. The molecule has 0 aliphatic carbocycles. The van der Waals surface area contributed by atoms with Gasteiger partial charge in [0, 0.05) is 38.4 Å². The molecule has 3 aromatic heterocycles. The number of anilines is 1. The molecule has 1 aliphatic heterocycles. The zero-order chi connectivity index (χ0) is 19.8. The van der Waals surface area contributed by atoms with Crippen molar-refractivity contribution in [3.63, 3.8) is 0 Å². The zero-order valence-corrected chi connectivity index (χ0v) is 15.1. The van der Waals surface area contributed by atoms with E-state index in [1.54, 1.807) is 17.9 Å². The van der Waals surface area contributed by atoms with Crippen LogP contribution in [0.4, 0.5) is 15.9 Å². The first kappa shape index (κ1) is 17.8. The largest absolute Gasteiger partial charge is 0.353 e. The summed E-state index contributed by atoms with van der Waals surface area (Å²) in [6.45, 7) is 3.73. The molecule has 0 bridgehead atoms. The summed E-state index contributed by atoms with van der Waals surface area (Å²) in [4.78, 5) is 35.4. The van der Waals surface area contributed by atoms with Crippen molar-refractivity contribution in [2.45, 2.75) is 6.92 Å².